The molecular weight excluding hydrogens is 818 g/mol. The van der Waals surface area contributed by atoms with Crippen LogP contribution < -0.4 is 5.73 Å². The third kappa shape index (κ3) is 46.3. The van der Waals surface area contributed by atoms with Gasteiger partial charge in [0.25, 0.3) is 0 Å². The summed E-state index contributed by atoms with van der Waals surface area (Å²) in [7, 11) is -4.73. The van der Waals surface area contributed by atoms with E-state index < -0.39 is 51.1 Å². The number of nitrogens with two attached hydrogens (primary N) is 1. The Balaban J connectivity index is 4.24. The fourth-order valence-corrected chi connectivity index (χ4v) is 8.18. The summed E-state index contributed by atoms with van der Waals surface area (Å²) in [5.74, 6) is -2.42. The number of carbonyl (C=O) groups is 3. The van der Waals surface area contributed by atoms with Crippen molar-refractivity contribution in [3.8, 4) is 0 Å². The second-order valence-electron chi connectivity index (χ2n) is 17.7. The number of esters is 2. The second kappa shape index (κ2) is 46.5. The highest BCUT2D eigenvalue weighted by Crippen LogP contribution is 2.43. The first-order valence-corrected chi connectivity index (χ1v) is 27.4. The van der Waals surface area contributed by atoms with E-state index in [0.29, 0.717) is 19.3 Å². The Morgan fingerprint density at radius 1 is 0.492 bits per heavy atom. The smallest absolute Gasteiger partial charge is 0.472 e. The monoisotopic (exact) mass is 914 g/mol. The number of hydrogen-bond acceptors (Lipinski definition) is 9. The van der Waals surface area contributed by atoms with Gasteiger partial charge < -0.3 is 25.2 Å². The highest BCUT2D eigenvalue weighted by atomic mass is 31.2. The Morgan fingerprint density at radius 3 is 1.29 bits per heavy atom. The van der Waals surface area contributed by atoms with Crippen LogP contribution in [0.5, 0.6) is 0 Å². The molecule has 3 atom stereocenters. The van der Waals surface area contributed by atoms with Gasteiger partial charge in [-0.1, -0.05) is 224 Å². The van der Waals surface area contributed by atoms with Crippen LogP contribution in [-0.2, 0) is 37.5 Å². The summed E-state index contributed by atoms with van der Waals surface area (Å²) in [4.78, 5) is 46.1. The summed E-state index contributed by atoms with van der Waals surface area (Å²) in [5.41, 5.74) is 5.35. The molecule has 0 saturated carbocycles. The van der Waals surface area contributed by atoms with Gasteiger partial charge in [0.1, 0.15) is 12.6 Å². The molecule has 0 aromatic carbocycles. The summed E-state index contributed by atoms with van der Waals surface area (Å²) in [6.07, 6.45) is 51.2. The number of aliphatic carboxylic acids is 1. The number of rotatable bonds is 49. The van der Waals surface area contributed by atoms with Gasteiger partial charge in [0.15, 0.2) is 6.10 Å². The molecule has 0 aliphatic rings. The summed E-state index contributed by atoms with van der Waals surface area (Å²) in [5, 5.41) is 8.92. The molecule has 0 heterocycles. The van der Waals surface area contributed by atoms with Crippen molar-refractivity contribution >= 4 is 25.7 Å². The van der Waals surface area contributed by atoms with Crippen LogP contribution in [0.25, 0.3) is 0 Å². The minimum atomic E-state index is -4.73. The van der Waals surface area contributed by atoms with E-state index in [1.54, 1.807) is 0 Å². The molecule has 63 heavy (non-hydrogen) atoms. The zero-order valence-electron chi connectivity index (χ0n) is 40.4. The van der Waals surface area contributed by atoms with Crippen LogP contribution in [0, 0.1) is 0 Å². The third-order valence-electron chi connectivity index (χ3n) is 11.5. The lowest BCUT2D eigenvalue weighted by atomic mass is 10.0. The van der Waals surface area contributed by atoms with Crippen molar-refractivity contribution in [3.63, 3.8) is 0 Å². The zero-order chi connectivity index (χ0) is 46.3. The van der Waals surface area contributed by atoms with Crippen LogP contribution in [0.2, 0.25) is 0 Å². The van der Waals surface area contributed by atoms with E-state index in [0.717, 1.165) is 32.1 Å². The van der Waals surface area contributed by atoms with Crippen LogP contribution >= 0.6 is 7.82 Å². The maximum Gasteiger partial charge on any atom is 0.472 e. The van der Waals surface area contributed by atoms with Gasteiger partial charge in [-0.15, -0.1) is 0 Å². The molecule has 12 heteroatoms. The van der Waals surface area contributed by atoms with Crippen molar-refractivity contribution in [2.75, 3.05) is 19.8 Å². The Hall–Kier alpha value is -2.04. The number of carboxylic acids is 1. The standard InChI is InChI=1S/C51H96NO10P/c1-3-5-7-9-11-13-15-17-19-21-22-23-24-25-27-28-30-32-34-36-38-40-42-49(53)59-44-47(45-60-63(57,58)61-46-48(52)51(55)56)62-50(54)43-41-39-37-35-33-31-29-26-20-18-16-14-12-10-8-6-4-2/h29,31,35,37,47-48H,3-28,30,32-34,36,38-46,52H2,1-2H3,(H,55,56)(H,57,58)/b31-29+,37-35+/t47-,48+/m0/s1. The number of allylic oxidation sites excluding steroid dienone is 4. The summed E-state index contributed by atoms with van der Waals surface area (Å²) >= 11 is 0. The maximum absolute atomic E-state index is 12.7. The van der Waals surface area contributed by atoms with Crippen molar-refractivity contribution in [3.05, 3.63) is 24.3 Å². The topological polar surface area (TPSA) is 172 Å². The van der Waals surface area contributed by atoms with Gasteiger partial charge in [0.2, 0.25) is 0 Å². The summed E-state index contributed by atoms with van der Waals surface area (Å²) < 4.78 is 32.8. The first-order chi connectivity index (χ1) is 30.6. The zero-order valence-corrected chi connectivity index (χ0v) is 41.3. The van der Waals surface area contributed by atoms with E-state index in [1.807, 2.05) is 6.08 Å². The van der Waals surface area contributed by atoms with E-state index >= 15 is 0 Å². The number of phosphoric ester groups is 1. The Morgan fingerprint density at radius 2 is 0.857 bits per heavy atom. The van der Waals surface area contributed by atoms with Gasteiger partial charge >= 0.3 is 25.7 Å². The molecule has 0 bridgehead atoms. The molecule has 1 unspecified atom stereocenters. The fraction of sp³-hybridized carbons (Fsp3) is 0.863. The van der Waals surface area contributed by atoms with Crippen LogP contribution in [0.15, 0.2) is 24.3 Å². The molecule has 0 amide bonds. The fourth-order valence-electron chi connectivity index (χ4n) is 7.40. The van der Waals surface area contributed by atoms with Gasteiger partial charge in [-0.3, -0.25) is 23.4 Å². The lowest BCUT2D eigenvalue weighted by Gasteiger charge is -2.20. The highest BCUT2D eigenvalue weighted by Gasteiger charge is 2.28. The molecule has 4 N–H and O–H groups in total. The van der Waals surface area contributed by atoms with E-state index in [1.165, 1.54) is 173 Å². The molecule has 11 nitrogen and oxygen atoms in total. The summed E-state index contributed by atoms with van der Waals surface area (Å²) in [6, 6.07) is -1.53. The molecular formula is C51H96NO10P. The average Bonchev–Trinajstić information content (AvgIpc) is 3.26. The van der Waals surface area contributed by atoms with Gasteiger partial charge in [-0.25, -0.2) is 4.57 Å². The minimum Gasteiger partial charge on any atom is -0.480 e. The summed E-state index contributed by atoms with van der Waals surface area (Å²) in [6.45, 7) is 2.81. The molecule has 0 aliphatic carbocycles. The minimum absolute atomic E-state index is 0.101. The molecule has 0 fully saturated rings. The Kier molecular flexibility index (Phi) is 45.0. The lowest BCUT2D eigenvalue weighted by molar-refractivity contribution is -0.161. The Labute approximate surface area is 385 Å². The molecule has 0 rings (SSSR count). The largest absolute Gasteiger partial charge is 0.480 e. The highest BCUT2D eigenvalue weighted by molar-refractivity contribution is 7.47. The maximum atomic E-state index is 12.7. The Bertz CT molecular complexity index is 1160. The van der Waals surface area contributed by atoms with E-state index in [2.05, 4.69) is 36.6 Å². The quantitative estimate of drug-likeness (QED) is 0.0230. The van der Waals surface area contributed by atoms with Crippen molar-refractivity contribution in [2.45, 2.75) is 264 Å². The number of ether oxygens (including phenoxy) is 2. The van der Waals surface area contributed by atoms with Crippen LogP contribution in [-0.4, -0.2) is 59.9 Å². The predicted octanol–water partition coefficient (Wildman–Crippen LogP) is 14.6. The first-order valence-electron chi connectivity index (χ1n) is 25.9. The van der Waals surface area contributed by atoms with Crippen molar-refractivity contribution in [2.24, 2.45) is 5.73 Å². The van der Waals surface area contributed by atoms with Gasteiger partial charge in [-0.2, -0.15) is 0 Å². The van der Waals surface area contributed by atoms with Gasteiger partial charge in [-0.05, 0) is 38.5 Å². The van der Waals surface area contributed by atoms with Gasteiger partial charge in [0, 0.05) is 12.8 Å². The normalized spacial score (nSPS) is 13.7. The molecule has 0 aliphatic heterocycles. The molecule has 0 saturated heterocycles. The van der Waals surface area contributed by atoms with E-state index in [-0.39, 0.29) is 19.4 Å². The van der Waals surface area contributed by atoms with Crippen LogP contribution in [0.4, 0.5) is 0 Å². The first kappa shape index (κ1) is 61.0. The van der Waals surface area contributed by atoms with E-state index in [9.17, 15) is 23.8 Å². The van der Waals surface area contributed by atoms with Crippen LogP contribution in [0.3, 0.4) is 0 Å². The molecule has 370 valence electrons. The van der Waals surface area contributed by atoms with Gasteiger partial charge in [0.05, 0.1) is 13.2 Å². The van der Waals surface area contributed by atoms with Crippen molar-refractivity contribution < 1.29 is 47.5 Å². The molecule has 0 spiro atoms. The number of carboxylic acid groups (broad SMARTS) is 1. The number of carbonyl (C=O) groups excluding carboxylic acids is 2. The molecule has 0 aromatic heterocycles. The molecule has 0 radical (unpaired) electrons. The van der Waals surface area contributed by atoms with E-state index in [4.69, 9.17) is 24.8 Å². The lowest BCUT2D eigenvalue weighted by Crippen LogP contribution is -2.34. The third-order valence-corrected chi connectivity index (χ3v) is 12.4. The van der Waals surface area contributed by atoms with Crippen LogP contribution in [0.1, 0.15) is 251 Å². The van der Waals surface area contributed by atoms with Crippen molar-refractivity contribution in [1.82, 2.24) is 0 Å². The number of hydrogen-bond donors (Lipinski definition) is 3. The number of unbranched alkanes of at least 4 members (excludes halogenated alkanes) is 31. The second-order valence-corrected chi connectivity index (χ2v) is 19.1. The number of phosphoric acid groups is 1. The molecule has 0 aromatic rings. The SMILES string of the molecule is CCCCCCCCCCC/C=C/C/C=C/CCCC(=O)O[C@@H](COC(=O)CCCCCCCCCCCCCCCCCCCCCCCC)COP(=O)(O)OC[C@@H](N)C(=O)O. The average molecular weight is 914 g/mol. The predicted molar refractivity (Wildman–Crippen MR) is 259 cm³/mol. The van der Waals surface area contributed by atoms with Crippen molar-refractivity contribution in [1.29, 1.82) is 0 Å².